The Balaban J connectivity index is 1.35. The molecule has 1 aliphatic carbocycles. The number of benzene rings is 1. The number of hydrogen-bond donors (Lipinski definition) is 3. The summed E-state index contributed by atoms with van der Waals surface area (Å²) in [7, 11) is 0. The fourth-order valence-corrected chi connectivity index (χ4v) is 4.00. The summed E-state index contributed by atoms with van der Waals surface area (Å²) in [6.45, 7) is 0. The third kappa shape index (κ3) is 4.48. The number of carbonyl (C=O) groups is 1. The number of alkyl halides is 3. The van der Waals surface area contributed by atoms with Crippen molar-refractivity contribution in [3.63, 3.8) is 0 Å². The lowest BCUT2D eigenvalue weighted by molar-refractivity contribution is -0.137. The van der Waals surface area contributed by atoms with Crippen LogP contribution >= 0.6 is 0 Å². The molecule has 2 heterocycles. The minimum Gasteiger partial charge on any atom is -0.382 e. The number of nitrogens with one attached hydrogen (secondary N) is 3. The number of fused-ring (bicyclic) bond motifs is 1. The number of pyridine rings is 1. The van der Waals surface area contributed by atoms with E-state index in [4.69, 9.17) is 5.26 Å². The van der Waals surface area contributed by atoms with Gasteiger partial charge in [0.15, 0.2) is 0 Å². The van der Waals surface area contributed by atoms with Gasteiger partial charge in [-0.2, -0.15) is 18.4 Å². The van der Waals surface area contributed by atoms with Gasteiger partial charge in [0.2, 0.25) is 0 Å². The highest BCUT2D eigenvalue weighted by atomic mass is 19.4. The Bertz CT molecular complexity index is 1140. The Morgan fingerprint density at radius 1 is 1.16 bits per heavy atom. The molecule has 1 amide bonds. The number of H-pyrrole nitrogens is 1. The summed E-state index contributed by atoms with van der Waals surface area (Å²) in [5, 5.41) is 15.9. The van der Waals surface area contributed by atoms with Gasteiger partial charge in [0.25, 0.3) is 5.91 Å². The average molecular weight is 427 g/mol. The maximum atomic E-state index is 13.2. The average Bonchev–Trinajstić information content (AvgIpc) is 3.19. The molecule has 6 nitrogen and oxygen atoms in total. The van der Waals surface area contributed by atoms with Gasteiger partial charge in [-0.3, -0.25) is 9.78 Å². The number of rotatable bonds is 4. The molecule has 1 aromatic carbocycles. The maximum Gasteiger partial charge on any atom is 0.417 e. The van der Waals surface area contributed by atoms with Gasteiger partial charge < -0.3 is 15.6 Å². The second-order valence-electron chi connectivity index (χ2n) is 7.66. The van der Waals surface area contributed by atoms with Crippen molar-refractivity contribution in [3.8, 4) is 6.07 Å². The van der Waals surface area contributed by atoms with Crippen LogP contribution in [-0.2, 0) is 6.18 Å². The highest BCUT2D eigenvalue weighted by Gasteiger charge is 2.34. The molecule has 9 heteroatoms. The molecule has 3 N–H and O–H groups in total. The number of aromatic nitrogens is 2. The molecule has 1 saturated carbocycles. The van der Waals surface area contributed by atoms with Crippen LogP contribution in [0.5, 0.6) is 0 Å². The van der Waals surface area contributed by atoms with Crippen molar-refractivity contribution < 1.29 is 18.0 Å². The normalized spacial score (nSPS) is 19.0. The van der Waals surface area contributed by atoms with E-state index in [1.807, 2.05) is 0 Å². The van der Waals surface area contributed by atoms with Crippen molar-refractivity contribution in [2.24, 2.45) is 0 Å². The molecule has 31 heavy (non-hydrogen) atoms. The van der Waals surface area contributed by atoms with Gasteiger partial charge in [-0.15, -0.1) is 0 Å². The van der Waals surface area contributed by atoms with Crippen molar-refractivity contribution in [3.05, 3.63) is 59.5 Å². The van der Waals surface area contributed by atoms with E-state index in [0.717, 1.165) is 17.0 Å². The van der Waals surface area contributed by atoms with E-state index in [1.165, 1.54) is 12.1 Å². The number of nitrogens with zero attached hydrogens (tertiary/aromatic N) is 2. The topological polar surface area (TPSA) is 93.6 Å². The van der Waals surface area contributed by atoms with E-state index in [0.29, 0.717) is 36.9 Å². The van der Waals surface area contributed by atoms with Gasteiger partial charge in [0, 0.05) is 47.3 Å². The minimum absolute atomic E-state index is 0.000500. The van der Waals surface area contributed by atoms with Crippen molar-refractivity contribution in [2.45, 2.75) is 43.9 Å². The van der Waals surface area contributed by atoms with Crippen molar-refractivity contribution in [1.29, 1.82) is 5.26 Å². The van der Waals surface area contributed by atoms with E-state index in [-0.39, 0.29) is 18.0 Å². The van der Waals surface area contributed by atoms with Crippen LogP contribution in [0.2, 0.25) is 0 Å². The molecule has 0 atom stereocenters. The van der Waals surface area contributed by atoms with Crippen LogP contribution in [0.15, 0.2) is 42.9 Å². The van der Waals surface area contributed by atoms with Crippen LogP contribution in [0.1, 0.15) is 47.2 Å². The zero-order valence-corrected chi connectivity index (χ0v) is 16.5. The monoisotopic (exact) mass is 427 g/mol. The highest BCUT2D eigenvalue weighted by Crippen LogP contribution is 2.34. The zero-order valence-electron chi connectivity index (χ0n) is 16.5. The molecule has 3 aromatic rings. The number of carbonyl (C=O) groups excluding carboxylic acids is 1. The first-order valence-electron chi connectivity index (χ1n) is 9.95. The van der Waals surface area contributed by atoms with Gasteiger partial charge in [-0.1, -0.05) is 0 Å². The number of aromatic amines is 1. The number of hydrogen-bond acceptors (Lipinski definition) is 4. The lowest BCUT2D eigenvalue weighted by Gasteiger charge is -2.30. The largest absolute Gasteiger partial charge is 0.417 e. The Labute approximate surface area is 176 Å². The SMILES string of the molecule is N#Cc1ccc(NC2CCC(NC(=O)c3c[nH]c4ccncc34)CC2)cc1C(F)(F)F. The van der Waals surface area contributed by atoms with Gasteiger partial charge >= 0.3 is 6.18 Å². The van der Waals surface area contributed by atoms with Gasteiger partial charge in [-0.05, 0) is 49.9 Å². The molecule has 0 unspecified atom stereocenters. The number of halogens is 3. The van der Waals surface area contributed by atoms with E-state index in [1.54, 1.807) is 30.7 Å². The van der Waals surface area contributed by atoms with E-state index >= 15 is 0 Å². The van der Waals surface area contributed by atoms with E-state index in [2.05, 4.69) is 20.6 Å². The molecule has 0 aliphatic heterocycles. The summed E-state index contributed by atoms with van der Waals surface area (Å²) < 4.78 is 39.5. The fourth-order valence-electron chi connectivity index (χ4n) is 4.00. The number of anilines is 1. The lowest BCUT2D eigenvalue weighted by atomic mass is 9.90. The molecule has 0 spiro atoms. The molecule has 160 valence electrons. The summed E-state index contributed by atoms with van der Waals surface area (Å²) in [4.78, 5) is 19.8. The van der Waals surface area contributed by atoms with E-state index in [9.17, 15) is 18.0 Å². The van der Waals surface area contributed by atoms with Crippen molar-refractivity contribution >= 4 is 22.5 Å². The first-order valence-corrected chi connectivity index (χ1v) is 9.95. The standard InChI is InChI=1S/C22H20F3N5O/c23-22(24,25)19-9-16(2-1-13(19)10-26)29-14-3-5-15(6-4-14)30-21(31)18-12-28-20-7-8-27-11-17(18)20/h1-2,7-9,11-12,14-15,28-29H,3-6H2,(H,30,31). The third-order valence-electron chi connectivity index (χ3n) is 5.61. The molecule has 0 saturated heterocycles. The van der Waals surface area contributed by atoms with Crippen LogP contribution in [0, 0.1) is 11.3 Å². The Morgan fingerprint density at radius 2 is 1.90 bits per heavy atom. The first-order chi connectivity index (χ1) is 14.8. The smallest absolute Gasteiger partial charge is 0.382 e. The fraction of sp³-hybridized carbons (Fsp3) is 0.318. The molecule has 2 aromatic heterocycles. The predicted octanol–water partition coefficient (Wildman–Crippen LogP) is 4.61. The summed E-state index contributed by atoms with van der Waals surface area (Å²) in [6, 6.07) is 7.05. The second kappa shape index (κ2) is 8.30. The molecule has 1 fully saturated rings. The van der Waals surface area contributed by atoms with Crippen molar-refractivity contribution in [1.82, 2.24) is 15.3 Å². The maximum absolute atomic E-state index is 13.2. The first kappa shape index (κ1) is 20.7. The zero-order chi connectivity index (χ0) is 22.0. The molecule has 4 rings (SSSR count). The quantitative estimate of drug-likeness (QED) is 0.567. The summed E-state index contributed by atoms with van der Waals surface area (Å²) in [5.41, 5.74) is 0.394. The van der Waals surface area contributed by atoms with Crippen molar-refractivity contribution in [2.75, 3.05) is 5.32 Å². The van der Waals surface area contributed by atoms with Crippen LogP contribution in [-0.4, -0.2) is 28.0 Å². The molecular formula is C22H20F3N5O. The molecular weight excluding hydrogens is 407 g/mol. The van der Waals surface area contributed by atoms with Crippen LogP contribution in [0.4, 0.5) is 18.9 Å². The Hall–Kier alpha value is -3.54. The Kier molecular flexibility index (Phi) is 5.55. The van der Waals surface area contributed by atoms with Gasteiger partial charge in [0.05, 0.1) is 22.8 Å². The number of amides is 1. The van der Waals surface area contributed by atoms with Crippen LogP contribution in [0.3, 0.4) is 0 Å². The van der Waals surface area contributed by atoms with Gasteiger partial charge in [0.1, 0.15) is 0 Å². The molecule has 0 radical (unpaired) electrons. The van der Waals surface area contributed by atoms with Crippen LogP contribution < -0.4 is 10.6 Å². The second-order valence-corrected chi connectivity index (χ2v) is 7.66. The van der Waals surface area contributed by atoms with Gasteiger partial charge in [-0.25, -0.2) is 0 Å². The summed E-state index contributed by atoms with van der Waals surface area (Å²) >= 11 is 0. The summed E-state index contributed by atoms with van der Waals surface area (Å²) in [6.07, 6.45) is 3.23. The number of nitriles is 1. The Morgan fingerprint density at radius 3 is 2.61 bits per heavy atom. The third-order valence-corrected chi connectivity index (χ3v) is 5.61. The molecule has 0 bridgehead atoms. The highest BCUT2D eigenvalue weighted by molar-refractivity contribution is 6.06. The minimum atomic E-state index is -4.58. The van der Waals surface area contributed by atoms with Crippen LogP contribution in [0.25, 0.3) is 10.9 Å². The lowest BCUT2D eigenvalue weighted by Crippen LogP contribution is -2.40. The summed E-state index contributed by atoms with van der Waals surface area (Å²) in [5.74, 6) is -0.169. The predicted molar refractivity (Wildman–Crippen MR) is 109 cm³/mol. The molecule has 1 aliphatic rings. The van der Waals surface area contributed by atoms with E-state index < -0.39 is 17.3 Å².